The number of rotatable bonds is 7. The number of hydrogen-bond donors (Lipinski definition) is 0. The first-order valence-corrected chi connectivity index (χ1v) is 19.2. The average molecular weight is 706 g/mol. The van der Waals surface area contributed by atoms with Gasteiger partial charge in [0.1, 0.15) is 0 Å². The maximum Gasteiger partial charge on any atom is 0.0546 e. The Kier molecular flexibility index (Phi) is 8.09. The van der Waals surface area contributed by atoms with E-state index in [0.717, 1.165) is 17.1 Å². The van der Waals surface area contributed by atoms with Gasteiger partial charge in [0.25, 0.3) is 0 Å². The molecule has 0 saturated heterocycles. The van der Waals surface area contributed by atoms with Crippen molar-refractivity contribution in [1.29, 1.82) is 0 Å². The SMILES string of the molecule is c1ccc(-c2ccc(N(c3cccc(-c4ccc5sc6ccccc6c5c4)c3)c3cc(-c4cccc5ccccc45)ccc3-c3ccccc3)cc2)cc1. The van der Waals surface area contributed by atoms with Crippen LogP contribution in [-0.2, 0) is 0 Å². The Morgan fingerprint density at radius 3 is 1.72 bits per heavy atom. The van der Waals surface area contributed by atoms with E-state index in [4.69, 9.17) is 0 Å². The number of anilines is 3. The topological polar surface area (TPSA) is 3.24 Å². The summed E-state index contributed by atoms with van der Waals surface area (Å²) in [5, 5.41) is 5.10. The van der Waals surface area contributed by atoms with E-state index >= 15 is 0 Å². The lowest BCUT2D eigenvalue weighted by Crippen LogP contribution is -2.11. The van der Waals surface area contributed by atoms with E-state index in [1.54, 1.807) is 0 Å². The number of nitrogens with zero attached hydrogens (tertiary/aromatic N) is 1. The maximum absolute atomic E-state index is 2.44. The number of benzene rings is 9. The van der Waals surface area contributed by atoms with Crippen molar-refractivity contribution in [1.82, 2.24) is 0 Å². The molecule has 54 heavy (non-hydrogen) atoms. The maximum atomic E-state index is 2.44. The van der Waals surface area contributed by atoms with E-state index in [1.165, 1.54) is 75.5 Å². The quantitative estimate of drug-likeness (QED) is 0.160. The van der Waals surface area contributed by atoms with Gasteiger partial charge < -0.3 is 4.90 Å². The molecule has 0 amide bonds. The van der Waals surface area contributed by atoms with E-state index < -0.39 is 0 Å². The largest absolute Gasteiger partial charge is 0.310 e. The van der Waals surface area contributed by atoms with Crippen LogP contribution in [0.4, 0.5) is 17.1 Å². The Hall–Kier alpha value is -6.74. The zero-order valence-electron chi connectivity index (χ0n) is 29.6. The monoisotopic (exact) mass is 705 g/mol. The second kappa shape index (κ2) is 13.7. The third kappa shape index (κ3) is 5.84. The Morgan fingerprint density at radius 1 is 0.296 bits per heavy atom. The molecule has 0 radical (unpaired) electrons. The summed E-state index contributed by atoms with van der Waals surface area (Å²) in [5.74, 6) is 0. The van der Waals surface area contributed by atoms with E-state index in [0.29, 0.717) is 0 Å². The Labute approximate surface area is 319 Å². The molecule has 0 saturated carbocycles. The third-order valence-corrected chi connectivity index (χ3v) is 11.6. The van der Waals surface area contributed by atoms with Gasteiger partial charge in [0.15, 0.2) is 0 Å². The van der Waals surface area contributed by atoms with Gasteiger partial charge in [0.05, 0.1) is 5.69 Å². The second-order valence-corrected chi connectivity index (χ2v) is 14.8. The average Bonchev–Trinajstić information content (AvgIpc) is 3.63. The first-order chi connectivity index (χ1) is 26.8. The fourth-order valence-corrected chi connectivity index (χ4v) is 8.90. The molecular weight excluding hydrogens is 671 g/mol. The van der Waals surface area contributed by atoms with Gasteiger partial charge in [-0.15, -0.1) is 11.3 Å². The summed E-state index contributed by atoms with van der Waals surface area (Å²) >= 11 is 1.86. The van der Waals surface area contributed by atoms with Crippen molar-refractivity contribution in [2.24, 2.45) is 0 Å². The molecule has 0 fully saturated rings. The Balaban J connectivity index is 1.19. The molecule has 0 N–H and O–H groups in total. The van der Waals surface area contributed by atoms with Gasteiger partial charge in [-0.25, -0.2) is 0 Å². The van der Waals surface area contributed by atoms with Crippen LogP contribution in [0.25, 0.3) is 75.5 Å². The molecule has 0 bridgehead atoms. The molecule has 0 spiro atoms. The molecular formula is C52H35NS. The highest BCUT2D eigenvalue weighted by atomic mass is 32.1. The van der Waals surface area contributed by atoms with Crippen LogP contribution in [0.5, 0.6) is 0 Å². The third-order valence-electron chi connectivity index (χ3n) is 10.5. The minimum absolute atomic E-state index is 1.10. The molecule has 10 aromatic rings. The Bertz CT molecular complexity index is 2920. The summed E-state index contributed by atoms with van der Waals surface area (Å²) in [6, 6.07) is 77.3. The fourth-order valence-electron chi connectivity index (χ4n) is 7.81. The van der Waals surface area contributed by atoms with Crippen LogP contribution >= 0.6 is 11.3 Å². The van der Waals surface area contributed by atoms with Crippen molar-refractivity contribution >= 4 is 59.3 Å². The summed E-state index contributed by atoms with van der Waals surface area (Å²) in [7, 11) is 0. The molecule has 1 nitrogen and oxygen atoms in total. The molecule has 0 aliphatic carbocycles. The molecule has 0 aliphatic rings. The van der Waals surface area contributed by atoms with E-state index in [9.17, 15) is 0 Å². The molecule has 0 unspecified atom stereocenters. The Morgan fingerprint density at radius 2 is 0.889 bits per heavy atom. The van der Waals surface area contributed by atoms with Crippen LogP contribution < -0.4 is 4.90 Å². The van der Waals surface area contributed by atoms with Crippen molar-refractivity contribution in [3.8, 4) is 44.5 Å². The molecule has 0 atom stereocenters. The first kappa shape index (κ1) is 32.0. The van der Waals surface area contributed by atoms with Crippen LogP contribution in [0.15, 0.2) is 212 Å². The predicted molar refractivity (Wildman–Crippen MR) is 233 cm³/mol. The lowest BCUT2D eigenvalue weighted by Gasteiger charge is -2.29. The smallest absolute Gasteiger partial charge is 0.0546 e. The molecule has 9 aromatic carbocycles. The van der Waals surface area contributed by atoms with Crippen molar-refractivity contribution in [2.75, 3.05) is 4.90 Å². The van der Waals surface area contributed by atoms with Gasteiger partial charge in [-0.1, -0.05) is 164 Å². The summed E-state index contributed by atoms with van der Waals surface area (Å²) < 4.78 is 2.64. The molecule has 0 aliphatic heterocycles. The summed E-state index contributed by atoms with van der Waals surface area (Å²) in [6.45, 7) is 0. The summed E-state index contributed by atoms with van der Waals surface area (Å²) in [4.78, 5) is 2.44. The molecule has 1 aromatic heterocycles. The van der Waals surface area contributed by atoms with Gasteiger partial charge in [0, 0.05) is 37.1 Å². The summed E-state index contributed by atoms with van der Waals surface area (Å²) in [5.41, 5.74) is 12.8. The van der Waals surface area contributed by atoms with Gasteiger partial charge >= 0.3 is 0 Å². The van der Waals surface area contributed by atoms with Gasteiger partial charge in [-0.05, 0) is 98.2 Å². The predicted octanol–water partition coefficient (Wildman–Crippen LogP) is 15.3. The normalized spacial score (nSPS) is 11.3. The van der Waals surface area contributed by atoms with Crippen LogP contribution in [0, 0.1) is 0 Å². The van der Waals surface area contributed by atoms with Gasteiger partial charge in [-0.2, -0.15) is 0 Å². The summed E-state index contributed by atoms with van der Waals surface area (Å²) in [6.07, 6.45) is 0. The minimum Gasteiger partial charge on any atom is -0.310 e. The van der Waals surface area contributed by atoms with Crippen LogP contribution in [0.3, 0.4) is 0 Å². The highest BCUT2D eigenvalue weighted by Gasteiger charge is 2.20. The molecule has 10 rings (SSSR count). The lowest BCUT2D eigenvalue weighted by atomic mass is 9.94. The molecule has 254 valence electrons. The van der Waals surface area contributed by atoms with Crippen molar-refractivity contribution < 1.29 is 0 Å². The van der Waals surface area contributed by atoms with Crippen molar-refractivity contribution in [3.05, 3.63) is 212 Å². The van der Waals surface area contributed by atoms with Gasteiger partial charge in [-0.3, -0.25) is 0 Å². The van der Waals surface area contributed by atoms with Gasteiger partial charge in [0.2, 0.25) is 0 Å². The number of fused-ring (bicyclic) bond motifs is 4. The zero-order valence-corrected chi connectivity index (χ0v) is 30.4. The standard InChI is InChI=1S/C52H35NS/c1-3-13-36(14-4-1)37-25-29-43(30-26-37)53(44-20-11-19-40(33-44)41-28-32-52-49(34-41)48-22-9-10-24-51(48)54-52)50-35-42(27-31-47(50)39-15-5-2-6-16-39)46-23-12-18-38-17-7-8-21-45(38)46/h1-35H. The van der Waals surface area contributed by atoms with Crippen LogP contribution in [-0.4, -0.2) is 0 Å². The van der Waals surface area contributed by atoms with E-state index in [1.807, 2.05) is 11.3 Å². The molecule has 1 heterocycles. The van der Waals surface area contributed by atoms with Crippen LogP contribution in [0.1, 0.15) is 0 Å². The van der Waals surface area contributed by atoms with Crippen molar-refractivity contribution in [3.63, 3.8) is 0 Å². The highest BCUT2D eigenvalue weighted by molar-refractivity contribution is 7.25. The van der Waals surface area contributed by atoms with Crippen LogP contribution in [0.2, 0.25) is 0 Å². The number of hydrogen-bond acceptors (Lipinski definition) is 2. The lowest BCUT2D eigenvalue weighted by molar-refractivity contribution is 1.28. The minimum atomic E-state index is 1.10. The zero-order chi connectivity index (χ0) is 35.8. The van der Waals surface area contributed by atoms with E-state index in [2.05, 4.69) is 217 Å². The second-order valence-electron chi connectivity index (χ2n) is 13.7. The number of thiophene rings is 1. The van der Waals surface area contributed by atoms with E-state index in [-0.39, 0.29) is 0 Å². The molecule has 2 heteroatoms. The fraction of sp³-hybridized carbons (Fsp3) is 0. The van der Waals surface area contributed by atoms with Crippen molar-refractivity contribution in [2.45, 2.75) is 0 Å². The first-order valence-electron chi connectivity index (χ1n) is 18.4. The highest BCUT2D eigenvalue weighted by Crippen LogP contribution is 2.45.